The highest BCUT2D eigenvalue weighted by Gasteiger charge is 2.37. The summed E-state index contributed by atoms with van der Waals surface area (Å²) in [6, 6.07) is 14.4. The molecule has 2 heterocycles. The number of hydrogen-bond donors (Lipinski definition) is 1. The number of barbiturate groups is 1. The molecule has 1 fully saturated rings. The second-order valence-electron chi connectivity index (χ2n) is 8.25. The maximum absolute atomic E-state index is 13.2. The van der Waals surface area contributed by atoms with Gasteiger partial charge in [0.05, 0.1) is 5.69 Å². The molecular formula is C26H25N3O3. The highest BCUT2D eigenvalue weighted by Crippen LogP contribution is 2.27. The SMILES string of the molecule is Cc1ccc(N2C(=O)NC(=O)/C(=C\c3cc(C)n(-c4ccc(C)cc4C)c3C)C2=O)cc1. The Labute approximate surface area is 187 Å². The standard InChI is InChI=1S/C26H25N3O3/c1-15-6-9-21(10-7-15)29-25(31)22(24(30)27-26(29)32)14-20-13-18(4)28(19(20)5)23-11-8-16(2)12-17(23)3/h6-14H,1-5H3,(H,27,30,32)/b22-14+. The smallest absolute Gasteiger partial charge is 0.318 e. The van der Waals surface area contributed by atoms with E-state index in [0.29, 0.717) is 5.69 Å². The first kappa shape index (κ1) is 21.3. The van der Waals surface area contributed by atoms with Crippen LogP contribution in [-0.4, -0.2) is 22.4 Å². The third-order valence-corrected chi connectivity index (χ3v) is 5.76. The average Bonchev–Trinajstić information content (AvgIpc) is 3.00. The second-order valence-corrected chi connectivity index (χ2v) is 8.25. The number of hydrogen-bond acceptors (Lipinski definition) is 3. The lowest BCUT2D eigenvalue weighted by molar-refractivity contribution is -0.122. The van der Waals surface area contributed by atoms with Crippen molar-refractivity contribution in [3.05, 3.63) is 87.7 Å². The molecule has 4 rings (SSSR count). The predicted octanol–water partition coefficient (Wildman–Crippen LogP) is 4.69. The molecule has 3 aromatic rings. The molecule has 6 heteroatoms. The number of amides is 4. The Bertz CT molecular complexity index is 1300. The molecule has 4 amide bonds. The largest absolute Gasteiger partial charge is 0.335 e. The van der Waals surface area contributed by atoms with Gasteiger partial charge in [0.25, 0.3) is 11.8 Å². The molecular weight excluding hydrogens is 402 g/mol. The van der Waals surface area contributed by atoms with E-state index in [0.717, 1.165) is 38.7 Å². The number of nitrogens with zero attached hydrogens (tertiary/aromatic N) is 2. The fourth-order valence-corrected chi connectivity index (χ4v) is 4.10. The number of aryl methyl sites for hydroxylation is 4. The van der Waals surface area contributed by atoms with Crippen molar-refractivity contribution in [1.29, 1.82) is 0 Å². The molecule has 0 saturated carbocycles. The molecule has 6 nitrogen and oxygen atoms in total. The first-order chi connectivity index (χ1) is 15.2. The van der Waals surface area contributed by atoms with Crippen molar-refractivity contribution in [2.24, 2.45) is 0 Å². The average molecular weight is 428 g/mol. The topological polar surface area (TPSA) is 71.4 Å². The van der Waals surface area contributed by atoms with Gasteiger partial charge in [0, 0.05) is 17.1 Å². The first-order valence-electron chi connectivity index (χ1n) is 10.4. The minimum Gasteiger partial charge on any atom is -0.318 e. The van der Waals surface area contributed by atoms with E-state index in [1.54, 1.807) is 18.2 Å². The number of urea groups is 1. The first-order valence-corrected chi connectivity index (χ1v) is 10.4. The third-order valence-electron chi connectivity index (χ3n) is 5.76. The molecule has 1 aliphatic heterocycles. The van der Waals surface area contributed by atoms with E-state index in [1.165, 1.54) is 5.56 Å². The van der Waals surface area contributed by atoms with Crippen LogP contribution in [0.15, 0.2) is 54.1 Å². The van der Waals surface area contributed by atoms with E-state index in [4.69, 9.17) is 0 Å². The molecule has 0 aliphatic carbocycles. The van der Waals surface area contributed by atoms with Gasteiger partial charge in [0.15, 0.2) is 0 Å². The summed E-state index contributed by atoms with van der Waals surface area (Å²) in [5.41, 5.74) is 7.34. The van der Waals surface area contributed by atoms with Gasteiger partial charge >= 0.3 is 6.03 Å². The molecule has 0 bridgehead atoms. The van der Waals surface area contributed by atoms with E-state index in [9.17, 15) is 14.4 Å². The zero-order valence-electron chi connectivity index (χ0n) is 18.8. The van der Waals surface area contributed by atoms with Crippen molar-refractivity contribution in [2.75, 3.05) is 4.90 Å². The molecule has 1 N–H and O–H groups in total. The number of carbonyl (C=O) groups excluding carboxylic acids is 3. The highest BCUT2D eigenvalue weighted by molar-refractivity contribution is 6.39. The minimum absolute atomic E-state index is 0.0777. The molecule has 32 heavy (non-hydrogen) atoms. The molecule has 0 atom stereocenters. The van der Waals surface area contributed by atoms with E-state index < -0.39 is 17.8 Å². The summed E-state index contributed by atoms with van der Waals surface area (Å²) in [6.07, 6.45) is 1.56. The maximum atomic E-state index is 13.2. The van der Waals surface area contributed by atoms with Crippen LogP contribution in [0.4, 0.5) is 10.5 Å². The normalized spacial score (nSPS) is 15.5. The van der Waals surface area contributed by atoms with Crippen molar-refractivity contribution in [3.8, 4) is 5.69 Å². The summed E-state index contributed by atoms with van der Waals surface area (Å²) < 4.78 is 2.11. The van der Waals surface area contributed by atoms with Gasteiger partial charge in [-0.15, -0.1) is 0 Å². The van der Waals surface area contributed by atoms with Crippen LogP contribution < -0.4 is 10.2 Å². The van der Waals surface area contributed by atoms with Gasteiger partial charge in [-0.05, 0) is 76.1 Å². The number of rotatable bonds is 3. The summed E-state index contributed by atoms with van der Waals surface area (Å²) in [4.78, 5) is 39.1. The molecule has 162 valence electrons. The van der Waals surface area contributed by atoms with Crippen LogP contribution in [-0.2, 0) is 9.59 Å². The van der Waals surface area contributed by atoms with Crippen molar-refractivity contribution in [3.63, 3.8) is 0 Å². The van der Waals surface area contributed by atoms with Crippen LogP contribution in [0.5, 0.6) is 0 Å². The number of benzene rings is 2. The van der Waals surface area contributed by atoms with Crippen molar-refractivity contribution < 1.29 is 14.4 Å². The number of nitrogens with one attached hydrogen (secondary N) is 1. The lowest BCUT2D eigenvalue weighted by Crippen LogP contribution is -2.54. The second kappa shape index (κ2) is 7.96. The summed E-state index contributed by atoms with van der Waals surface area (Å²) in [6.45, 7) is 9.97. The van der Waals surface area contributed by atoms with Crippen molar-refractivity contribution >= 4 is 29.6 Å². The molecule has 1 saturated heterocycles. The number of imide groups is 2. The van der Waals surface area contributed by atoms with Crippen LogP contribution in [0, 0.1) is 34.6 Å². The number of anilines is 1. The lowest BCUT2D eigenvalue weighted by atomic mass is 10.1. The Balaban J connectivity index is 1.77. The number of aromatic nitrogens is 1. The lowest BCUT2D eigenvalue weighted by Gasteiger charge is -2.26. The Morgan fingerprint density at radius 3 is 2.12 bits per heavy atom. The van der Waals surface area contributed by atoms with Crippen LogP contribution in [0.25, 0.3) is 11.8 Å². The van der Waals surface area contributed by atoms with E-state index >= 15 is 0 Å². The predicted molar refractivity (Wildman–Crippen MR) is 125 cm³/mol. The molecule has 0 spiro atoms. The monoisotopic (exact) mass is 427 g/mol. The zero-order chi connectivity index (χ0) is 23.2. The molecule has 0 radical (unpaired) electrons. The highest BCUT2D eigenvalue weighted by atomic mass is 16.2. The number of carbonyl (C=O) groups is 3. The Morgan fingerprint density at radius 1 is 0.812 bits per heavy atom. The van der Waals surface area contributed by atoms with Gasteiger partial charge in [-0.1, -0.05) is 35.4 Å². The summed E-state index contributed by atoms with van der Waals surface area (Å²) in [7, 11) is 0. The van der Waals surface area contributed by atoms with Gasteiger partial charge in [0.2, 0.25) is 0 Å². The Kier molecular flexibility index (Phi) is 5.30. The van der Waals surface area contributed by atoms with Crippen LogP contribution in [0.1, 0.15) is 33.6 Å². The summed E-state index contributed by atoms with van der Waals surface area (Å²) in [5, 5.41) is 2.28. The van der Waals surface area contributed by atoms with Crippen LogP contribution >= 0.6 is 0 Å². The fraction of sp³-hybridized carbons (Fsp3) is 0.192. The van der Waals surface area contributed by atoms with Gasteiger partial charge in [-0.2, -0.15) is 0 Å². The van der Waals surface area contributed by atoms with Gasteiger partial charge in [-0.3, -0.25) is 14.9 Å². The molecule has 2 aromatic carbocycles. The van der Waals surface area contributed by atoms with Gasteiger partial charge in [-0.25, -0.2) is 9.69 Å². The maximum Gasteiger partial charge on any atom is 0.335 e. The Morgan fingerprint density at radius 2 is 1.47 bits per heavy atom. The van der Waals surface area contributed by atoms with E-state index in [1.807, 2.05) is 39.0 Å². The van der Waals surface area contributed by atoms with Crippen molar-refractivity contribution in [1.82, 2.24) is 9.88 Å². The summed E-state index contributed by atoms with van der Waals surface area (Å²) in [5.74, 6) is -1.33. The van der Waals surface area contributed by atoms with Gasteiger partial charge in [0.1, 0.15) is 5.57 Å². The molecule has 1 aliphatic rings. The van der Waals surface area contributed by atoms with Crippen LogP contribution in [0.2, 0.25) is 0 Å². The van der Waals surface area contributed by atoms with E-state index in [-0.39, 0.29) is 5.57 Å². The van der Waals surface area contributed by atoms with E-state index in [2.05, 4.69) is 41.9 Å². The van der Waals surface area contributed by atoms with Crippen molar-refractivity contribution in [2.45, 2.75) is 34.6 Å². The third kappa shape index (κ3) is 3.64. The fourth-order valence-electron chi connectivity index (χ4n) is 4.10. The molecule has 1 aromatic heterocycles. The minimum atomic E-state index is -0.748. The Hall–Kier alpha value is -3.93. The van der Waals surface area contributed by atoms with Crippen LogP contribution in [0.3, 0.4) is 0 Å². The van der Waals surface area contributed by atoms with Gasteiger partial charge < -0.3 is 4.57 Å². The molecule has 0 unspecified atom stereocenters. The zero-order valence-corrected chi connectivity index (χ0v) is 18.8. The summed E-state index contributed by atoms with van der Waals surface area (Å²) >= 11 is 0. The quantitative estimate of drug-likeness (QED) is 0.487.